The lowest BCUT2D eigenvalue weighted by atomic mass is 10.0. The van der Waals surface area contributed by atoms with Crippen LogP contribution in [0.1, 0.15) is 245 Å². The van der Waals surface area contributed by atoms with Crippen LogP contribution < -0.4 is 5.32 Å². The minimum atomic E-state index is -0.776. The first kappa shape index (κ1) is 48.9. The number of rotatable bonds is 40. The molecule has 3 unspecified atom stereocenters. The Morgan fingerprint density at radius 3 is 1.22 bits per heavy atom. The fourth-order valence-electron chi connectivity index (χ4n) is 7.02. The molecule has 0 aromatic heterocycles. The standard InChI is InChI=1S/C44H87NO5/c1-4-7-10-13-16-19-20-21-22-25-26-29-32-35-40(50-44(49)37-34-31-28-24-18-15-12-9-6-3)38-43(48)45-41(39-46)42(47)36-33-30-27-23-17-14-11-8-5-2/h40-42,46-47H,4-39H2,1-3H3,(H,45,48). The average Bonchev–Trinajstić information content (AvgIpc) is 3.10. The summed E-state index contributed by atoms with van der Waals surface area (Å²) in [5, 5.41) is 23.5. The highest BCUT2D eigenvalue weighted by Crippen LogP contribution is 2.18. The summed E-state index contributed by atoms with van der Waals surface area (Å²) >= 11 is 0. The minimum absolute atomic E-state index is 0.0863. The summed E-state index contributed by atoms with van der Waals surface area (Å²) in [6.07, 6.45) is 38.8. The van der Waals surface area contributed by atoms with E-state index < -0.39 is 18.2 Å². The molecule has 6 nitrogen and oxygen atoms in total. The van der Waals surface area contributed by atoms with Gasteiger partial charge in [-0.05, 0) is 25.7 Å². The van der Waals surface area contributed by atoms with Gasteiger partial charge in [0.05, 0.1) is 25.2 Å². The van der Waals surface area contributed by atoms with E-state index in [1.165, 1.54) is 154 Å². The van der Waals surface area contributed by atoms with E-state index >= 15 is 0 Å². The van der Waals surface area contributed by atoms with Gasteiger partial charge in [0, 0.05) is 6.42 Å². The monoisotopic (exact) mass is 710 g/mol. The second kappa shape index (κ2) is 39.1. The lowest BCUT2D eigenvalue weighted by Gasteiger charge is -2.24. The van der Waals surface area contributed by atoms with E-state index in [1.807, 2.05) is 0 Å². The first-order valence-corrected chi connectivity index (χ1v) is 22.3. The zero-order valence-corrected chi connectivity index (χ0v) is 33.8. The number of hydrogen-bond acceptors (Lipinski definition) is 5. The van der Waals surface area contributed by atoms with Crippen molar-refractivity contribution in [3.63, 3.8) is 0 Å². The van der Waals surface area contributed by atoms with E-state index in [-0.39, 0.29) is 24.9 Å². The third-order valence-corrected chi connectivity index (χ3v) is 10.4. The summed E-state index contributed by atoms with van der Waals surface area (Å²) in [6.45, 7) is 6.45. The molecule has 0 spiro atoms. The van der Waals surface area contributed by atoms with Crippen LogP contribution in [-0.4, -0.2) is 46.9 Å². The number of carbonyl (C=O) groups excluding carboxylic acids is 2. The smallest absolute Gasteiger partial charge is 0.306 e. The molecule has 3 N–H and O–H groups in total. The van der Waals surface area contributed by atoms with Gasteiger partial charge < -0.3 is 20.3 Å². The zero-order chi connectivity index (χ0) is 36.8. The molecule has 0 aliphatic carbocycles. The lowest BCUT2D eigenvalue weighted by molar-refractivity contribution is -0.151. The molecule has 0 bridgehead atoms. The van der Waals surface area contributed by atoms with E-state index in [9.17, 15) is 19.8 Å². The summed E-state index contributed by atoms with van der Waals surface area (Å²) in [7, 11) is 0. The SMILES string of the molecule is CCCCCCCCCCCCCCCC(CC(=O)NC(CO)C(O)CCCCCCCCCCC)OC(=O)CCCCCCCCCCC. The second-order valence-electron chi connectivity index (χ2n) is 15.5. The predicted molar refractivity (Wildman–Crippen MR) is 214 cm³/mol. The van der Waals surface area contributed by atoms with Crippen LogP contribution in [-0.2, 0) is 14.3 Å². The minimum Gasteiger partial charge on any atom is -0.462 e. The summed E-state index contributed by atoms with van der Waals surface area (Å²) in [6, 6.07) is -0.689. The molecule has 0 radical (unpaired) electrons. The van der Waals surface area contributed by atoms with Crippen molar-refractivity contribution in [2.45, 2.75) is 264 Å². The van der Waals surface area contributed by atoms with Crippen LogP contribution in [0.15, 0.2) is 0 Å². The maximum absolute atomic E-state index is 13.1. The highest BCUT2D eigenvalue weighted by molar-refractivity contribution is 5.77. The number of amides is 1. The van der Waals surface area contributed by atoms with E-state index in [4.69, 9.17) is 4.74 Å². The van der Waals surface area contributed by atoms with Crippen LogP contribution in [0.3, 0.4) is 0 Å². The van der Waals surface area contributed by atoms with Crippen molar-refractivity contribution in [2.75, 3.05) is 6.61 Å². The fraction of sp³-hybridized carbons (Fsp3) is 0.955. The number of carbonyl (C=O) groups is 2. The van der Waals surface area contributed by atoms with Crippen molar-refractivity contribution in [3.8, 4) is 0 Å². The highest BCUT2D eigenvalue weighted by atomic mass is 16.5. The van der Waals surface area contributed by atoms with Crippen molar-refractivity contribution in [2.24, 2.45) is 0 Å². The lowest BCUT2D eigenvalue weighted by Crippen LogP contribution is -2.46. The van der Waals surface area contributed by atoms with E-state index in [0.29, 0.717) is 19.3 Å². The maximum Gasteiger partial charge on any atom is 0.306 e. The van der Waals surface area contributed by atoms with Gasteiger partial charge in [-0.1, -0.05) is 207 Å². The molecule has 0 aliphatic rings. The van der Waals surface area contributed by atoms with Crippen molar-refractivity contribution in [3.05, 3.63) is 0 Å². The number of nitrogens with one attached hydrogen (secondary N) is 1. The third kappa shape index (κ3) is 34.0. The molecule has 0 fully saturated rings. The van der Waals surface area contributed by atoms with Gasteiger partial charge in [-0.3, -0.25) is 9.59 Å². The summed E-state index contributed by atoms with van der Waals surface area (Å²) in [5.41, 5.74) is 0. The molecule has 0 heterocycles. The summed E-state index contributed by atoms with van der Waals surface area (Å²) in [5.74, 6) is -0.463. The van der Waals surface area contributed by atoms with Crippen LogP contribution >= 0.6 is 0 Å². The van der Waals surface area contributed by atoms with Crippen LogP contribution in [0.4, 0.5) is 0 Å². The molecule has 0 aromatic rings. The number of aliphatic hydroxyl groups excluding tert-OH is 2. The molecule has 298 valence electrons. The molecule has 0 rings (SSSR count). The van der Waals surface area contributed by atoms with Crippen LogP contribution in [0.5, 0.6) is 0 Å². The van der Waals surface area contributed by atoms with Gasteiger partial charge in [0.1, 0.15) is 6.10 Å². The zero-order valence-electron chi connectivity index (χ0n) is 33.8. The van der Waals surface area contributed by atoms with Gasteiger partial charge in [0.25, 0.3) is 0 Å². The number of unbranched alkanes of at least 4 members (excludes halogenated alkanes) is 28. The van der Waals surface area contributed by atoms with Crippen LogP contribution in [0.2, 0.25) is 0 Å². The molecule has 0 aromatic carbocycles. The number of aliphatic hydroxyl groups is 2. The molecule has 3 atom stereocenters. The first-order valence-electron chi connectivity index (χ1n) is 22.3. The predicted octanol–water partition coefficient (Wildman–Crippen LogP) is 12.4. The number of hydrogen-bond donors (Lipinski definition) is 3. The maximum atomic E-state index is 13.1. The van der Waals surface area contributed by atoms with Gasteiger partial charge in [-0.15, -0.1) is 0 Å². The van der Waals surface area contributed by atoms with Gasteiger partial charge >= 0.3 is 5.97 Å². The Hall–Kier alpha value is -1.14. The highest BCUT2D eigenvalue weighted by Gasteiger charge is 2.24. The van der Waals surface area contributed by atoms with E-state index in [1.54, 1.807) is 0 Å². The van der Waals surface area contributed by atoms with Crippen molar-refractivity contribution in [1.29, 1.82) is 0 Å². The van der Waals surface area contributed by atoms with E-state index in [0.717, 1.165) is 44.9 Å². The summed E-state index contributed by atoms with van der Waals surface area (Å²) in [4.78, 5) is 25.9. The quantitative estimate of drug-likeness (QED) is 0.0435. The van der Waals surface area contributed by atoms with Gasteiger partial charge in [-0.2, -0.15) is 0 Å². The molecular formula is C44H87NO5. The van der Waals surface area contributed by atoms with Crippen LogP contribution in [0.25, 0.3) is 0 Å². The fourth-order valence-corrected chi connectivity index (χ4v) is 7.02. The van der Waals surface area contributed by atoms with Crippen molar-refractivity contribution < 1.29 is 24.5 Å². The first-order chi connectivity index (χ1) is 24.5. The molecule has 0 saturated heterocycles. The molecule has 0 saturated carbocycles. The second-order valence-corrected chi connectivity index (χ2v) is 15.5. The topological polar surface area (TPSA) is 95.9 Å². The van der Waals surface area contributed by atoms with Gasteiger partial charge in [0.15, 0.2) is 0 Å². The Balaban J connectivity index is 4.55. The Morgan fingerprint density at radius 1 is 0.500 bits per heavy atom. The van der Waals surface area contributed by atoms with Gasteiger partial charge in [0.2, 0.25) is 5.91 Å². The molecular weight excluding hydrogens is 622 g/mol. The average molecular weight is 710 g/mol. The Morgan fingerprint density at radius 2 is 0.840 bits per heavy atom. The van der Waals surface area contributed by atoms with Crippen molar-refractivity contribution >= 4 is 11.9 Å². The molecule has 1 amide bonds. The Bertz CT molecular complexity index is 717. The summed E-state index contributed by atoms with van der Waals surface area (Å²) < 4.78 is 5.88. The molecule has 6 heteroatoms. The number of ether oxygens (including phenoxy) is 1. The van der Waals surface area contributed by atoms with Gasteiger partial charge in [-0.25, -0.2) is 0 Å². The molecule has 50 heavy (non-hydrogen) atoms. The normalized spacial score (nSPS) is 13.3. The Kier molecular flexibility index (Phi) is 38.2. The molecule has 0 aliphatic heterocycles. The Labute approximate surface area is 311 Å². The number of esters is 1. The van der Waals surface area contributed by atoms with Crippen LogP contribution in [0, 0.1) is 0 Å². The largest absolute Gasteiger partial charge is 0.462 e. The third-order valence-electron chi connectivity index (χ3n) is 10.4. The van der Waals surface area contributed by atoms with Crippen molar-refractivity contribution in [1.82, 2.24) is 5.32 Å². The van der Waals surface area contributed by atoms with E-state index in [2.05, 4.69) is 26.1 Å².